The molecule has 33 heavy (non-hydrogen) atoms. The van der Waals surface area contributed by atoms with Crippen LogP contribution in [0, 0.1) is 0 Å². The molecule has 6 heteroatoms. The fourth-order valence-electron chi connectivity index (χ4n) is 4.65. The third-order valence-corrected chi connectivity index (χ3v) is 7.53. The number of ether oxygens (including phenoxy) is 1. The van der Waals surface area contributed by atoms with Crippen molar-refractivity contribution in [2.75, 3.05) is 26.7 Å². The number of β-amino-alcohol motifs (C(OH)–C–C–N with tert-alkyl or cyclic N) is 1. The van der Waals surface area contributed by atoms with Gasteiger partial charge in [-0.1, -0.05) is 30.3 Å². The largest absolute Gasteiger partial charge is 0.497 e. The first kappa shape index (κ1) is 24.3. The summed E-state index contributed by atoms with van der Waals surface area (Å²) in [6.07, 6.45) is 3.81. The Morgan fingerprint density at radius 1 is 1.03 bits per heavy atom. The lowest BCUT2D eigenvalue weighted by Gasteiger charge is -2.32. The Morgan fingerprint density at radius 3 is 2.39 bits per heavy atom. The number of unbranched alkanes of at least 4 members (excludes halogenated alkanes) is 1. The summed E-state index contributed by atoms with van der Waals surface area (Å²) in [4.78, 5) is 2.39. The minimum absolute atomic E-state index is 0.303. The first-order chi connectivity index (χ1) is 15.7. The van der Waals surface area contributed by atoms with Crippen LogP contribution in [0.4, 0.5) is 0 Å². The first-order valence-electron chi connectivity index (χ1n) is 12.2. The van der Waals surface area contributed by atoms with E-state index in [1.54, 1.807) is 7.11 Å². The molecular formula is C27H38BNO4. The van der Waals surface area contributed by atoms with Crippen molar-refractivity contribution in [3.05, 3.63) is 59.2 Å². The van der Waals surface area contributed by atoms with Gasteiger partial charge in [0.25, 0.3) is 0 Å². The van der Waals surface area contributed by atoms with Crippen molar-refractivity contribution in [3.8, 4) is 5.75 Å². The second-order valence-electron chi connectivity index (χ2n) is 10.4. The molecule has 1 unspecified atom stereocenters. The number of benzene rings is 2. The summed E-state index contributed by atoms with van der Waals surface area (Å²) in [5, 5.41) is 10.7. The number of rotatable bonds is 7. The van der Waals surface area contributed by atoms with E-state index in [1.165, 1.54) is 11.1 Å². The van der Waals surface area contributed by atoms with E-state index < -0.39 is 6.10 Å². The molecule has 2 aromatic carbocycles. The molecule has 1 N–H and O–H groups in total. The van der Waals surface area contributed by atoms with Crippen molar-refractivity contribution >= 4 is 12.6 Å². The maximum absolute atomic E-state index is 10.7. The van der Waals surface area contributed by atoms with Crippen LogP contribution in [0.2, 0.25) is 0 Å². The molecule has 2 heterocycles. The van der Waals surface area contributed by atoms with Crippen molar-refractivity contribution in [1.82, 2.24) is 4.90 Å². The Labute approximate surface area is 199 Å². The van der Waals surface area contributed by atoms with E-state index in [0.29, 0.717) is 6.54 Å². The maximum Gasteiger partial charge on any atom is 0.494 e. The number of methoxy groups -OCH3 is 1. The van der Waals surface area contributed by atoms with Gasteiger partial charge in [-0.3, -0.25) is 0 Å². The van der Waals surface area contributed by atoms with Crippen LogP contribution in [0.25, 0.3) is 0 Å². The maximum atomic E-state index is 10.7. The lowest BCUT2D eigenvalue weighted by molar-refractivity contribution is 0.00578. The average molecular weight is 451 g/mol. The summed E-state index contributed by atoms with van der Waals surface area (Å²) in [5.74, 6) is 0.860. The van der Waals surface area contributed by atoms with Crippen LogP contribution in [0.5, 0.6) is 5.75 Å². The Hall–Kier alpha value is -1.86. The SMILES string of the molecule is COc1ccc2c(c1)CCN(CCCCc1ccc(B3OC(C)(C)C(C)(C)O3)cc1)CC2O. The normalized spacial score (nSPS) is 22.1. The van der Waals surface area contributed by atoms with Gasteiger partial charge in [0, 0.05) is 13.1 Å². The number of hydrogen-bond acceptors (Lipinski definition) is 5. The predicted molar refractivity (Wildman–Crippen MR) is 133 cm³/mol. The molecule has 0 aliphatic carbocycles. The van der Waals surface area contributed by atoms with Gasteiger partial charge in [-0.2, -0.15) is 0 Å². The van der Waals surface area contributed by atoms with E-state index in [2.05, 4.69) is 62.9 Å². The van der Waals surface area contributed by atoms with Crippen LogP contribution in [-0.4, -0.2) is 55.1 Å². The number of aryl methyl sites for hydroxylation is 1. The second-order valence-corrected chi connectivity index (χ2v) is 10.4. The Morgan fingerprint density at radius 2 is 1.73 bits per heavy atom. The third kappa shape index (κ3) is 5.46. The quantitative estimate of drug-likeness (QED) is 0.511. The molecule has 1 atom stereocenters. The highest BCUT2D eigenvalue weighted by molar-refractivity contribution is 6.62. The lowest BCUT2D eigenvalue weighted by Crippen LogP contribution is -2.41. The molecule has 2 aliphatic heterocycles. The number of fused-ring (bicyclic) bond motifs is 1. The summed E-state index contributed by atoms with van der Waals surface area (Å²) in [7, 11) is 1.38. The van der Waals surface area contributed by atoms with E-state index in [0.717, 1.165) is 55.5 Å². The zero-order valence-corrected chi connectivity index (χ0v) is 20.8. The summed E-state index contributed by atoms with van der Waals surface area (Å²) >= 11 is 0. The molecule has 5 nitrogen and oxygen atoms in total. The minimum Gasteiger partial charge on any atom is -0.497 e. The molecule has 1 fully saturated rings. The third-order valence-electron chi connectivity index (χ3n) is 7.53. The van der Waals surface area contributed by atoms with E-state index in [1.807, 2.05) is 12.1 Å². The van der Waals surface area contributed by atoms with E-state index >= 15 is 0 Å². The van der Waals surface area contributed by atoms with Gasteiger partial charge < -0.3 is 24.1 Å². The number of hydrogen-bond donors (Lipinski definition) is 1. The molecule has 178 valence electrons. The van der Waals surface area contributed by atoms with Crippen LogP contribution < -0.4 is 10.2 Å². The van der Waals surface area contributed by atoms with Crippen LogP contribution in [-0.2, 0) is 22.2 Å². The lowest BCUT2D eigenvalue weighted by atomic mass is 9.78. The van der Waals surface area contributed by atoms with Gasteiger partial charge in [-0.25, -0.2) is 0 Å². The summed E-state index contributed by atoms with van der Waals surface area (Å²) in [6, 6.07) is 14.7. The Kier molecular flexibility index (Phi) is 7.20. The molecular weight excluding hydrogens is 413 g/mol. The van der Waals surface area contributed by atoms with Gasteiger partial charge >= 0.3 is 7.12 Å². The standard InChI is InChI=1S/C27H38BNO4/c1-26(2)27(3,4)33-28(32-26)22-11-9-20(10-12-22)8-6-7-16-29-17-15-21-18-23(31-5)13-14-24(21)25(30)19-29/h9-14,18,25,30H,6-8,15-17,19H2,1-5H3. The molecule has 0 amide bonds. The highest BCUT2D eigenvalue weighted by atomic mass is 16.7. The van der Waals surface area contributed by atoms with Gasteiger partial charge in [0.1, 0.15) is 5.75 Å². The Balaban J connectivity index is 1.24. The zero-order valence-electron chi connectivity index (χ0n) is 20.8. The fraction of sp³-hybridized carbons (Fsp3) is 0.556. The van der Waals surface area contributed by atoms with Crippen LogP contribution in [0.1, 0.15) is 63.3 Å². The van der Waals surface area contributed by atoms with E-state index in [4.69, 9.17) is 14.0 Å². The summed E-state index contributed by atoms with van der Waals surface area (Å²) in [6.45, 7) is 11.0. The molecule has 2 aliphatic rings. The van der Waals surface area contributed by atoms with Crippen LogP contribution in [0.3, 0.4) is 0 Å². The van der Waals surface area contributed by atoms with E-state index in [-0.39, 0.29) is 18.3 Å². The monoisotopic (exact) mass is 451 g/mol. The van der Waals surface area contributed by atoms with Gasteiger partial charge in [0.15, 0.2) is 0 Å². The molecule has 2 aromatic rings. The van der Waals surface area contributed by atoms with Gasteiger partial charge in [0.05, 0.1) is 24.4 Å². The average Bonchev–Trinajstić information content (AvgIpc) is 2.91. The van der Waals surface area contributed by atoms with Gasteiger partial charge in [-0.15, -0.1) is 0 Å². The minimum atomic E-state index is -0.434. The molecule has 4 rings (SSSR count). The first-order valence-corrected chi connectivity index (χ1v) is 12.2. The highest BCUT2D eigenvalue weighted by Gasteiger charge is 2.51. The molecule has 0 spiro atoms. The molecule has 0 bridgehead atoms. The number of nitrogens with zero attached hydrogens (tertiary/aromatic N) is 1. The van der Waals surface area contributed by atoms with Gasteiger partial charge in [0.2, 0.25) is 0 Å². The van der Waals surface area contributed by atoms with Crippen LogP contribution in [0.15, 0.2) is 42.5 Å². The molecule has 1 saturated heterocycles. The zero-order chi connectivity index (χ0) is 23.6. The van der Waals surface area contributed by atoms with Crippen LogP contribution >= 0.6 is 0 Å². The van der Waals surface area contributed by atoms with Crippen molar-refractivity contribution in [2.24, 2.45) is 0 Å². The van der Waals surface area contributed by atoms with E-state index in [9.17, 15) is 5.11 Å². The predicted octanol–water partition coefficient (Wildman–Crippen LogP) is 3.91. The number of aliphatic hydroxyl groups excluding tert-OH is 1. The van der Waals surface area contributed by atoms with Crippen molar-refractivity contribution in [2.45, 2.75) is 70.7 Å². The second kappa shape index (κ2) is 9.79. The molecule has 0 saturated carbocycles. The van der Waals surface area contributed by atoms with Crippen molar-refractivity contribution in [3.63, 3.8) is 0 Å². The molecule has 0 radical (unpaired) electrons. The summed E-state index contributed by atoms with van der Waals surface area (Å²) in [5.41, 5.74) is 4.03. The molecule has 0 aromatic heterocycles. The summed E-state index contributed by atoms with van der Waals surface area (Å²) < 4.78 is 17.7. The Bertz CT molecular complexity index is 928. The number of aliphatic hydroxyl groups is 1. The highest BCUT2D eigenvalue weighted by Crippen LogP contribution is 2.36. The fourth-order valence-corrected chi connectivity index (χ4v) is 4.65. The topological polar surface area (TPSA) is 51.2 Å². The van der Waals surface area contributed by atoms with Crippen molar-refractivity contribution < 1.29 is 19.2 Å². The smallest absolute Gasteiger partial charge is 0.494 e. The van der Waals surface area contributed by atoms with Gasteiger partial charge in [-0.05, 0) is 94.2 Å². The van der Waals surface area contributed by atoms with Crippen molar-refractivity contribution in [1.29, 1.82) is 0 Å².